The lowest BCUT2D eigenvalue weighted by Gasteiger charge is -2.32. The van der Waals surface area contributed by atoms with Crippen LogP contribution in [-0.2, 0) is 17.5 Å². The summed E-state index contributed by atoms with van der Waals surface area (Å²) in [6, 6.07) is 11.3. The summed E-state index contributed by atoms with van der Waals surface area (Å²) in [7, 11) is 1.57. The molecule has 2 aromatic rings. The Morgan fingerprint density at radius 2 is 1.94 bits per heavy atom. The molecule has 0 saturated carbocycles. The molecule has 2 saturated heterocycles. The van der Waals surface area contributed by atoms with Crippen LogP contribution in [0.4, 0.5) is 23.7 Å². The molecule has 0 spiro atoms. The Balaban J connectivity index is 1.68. The van der Waals surface area contributed by atoms with E-state index in [1.807, 2.05) is 12.1 Å². The van der Waals surface area contributed by atoms with E-state index < -0.39 is 23.3 Å². The first-order valence-corrected chi connectivity index (χ1v) is 9.75. The Labute approximate surface area is 177 Å². The molecule has 0 unspecified atom stereocenters. The van der Waals surface area contributed by atoms with Crippen LogP contribution < -0.4 is 9.64 Å². The highest BCUT2D eigenvalue weighted by atomic mass is 19.4. The molecule has 2 amide bonds. The third-order valence-corrected chi connectivity index (χ3v) is 5.69. The number of alkyl halides is 3. The van der Waals surface area contributed by atoms with Crippen LogP contribution in [0.5, 0.6) is 5.75 Å². The van der Waals surface area contributed by atoms with Gasteiger partial charge in [0.25, 0.3) is 0 Å². The maximum Gasteiger partial charge on any atom is 0.417 e. The lowest BCUT2D eigenvalue weighted by Crippen LogP contribution is -2.45. The van der Waals surface area contributed by atoms with Crippen molar-refractivity contribution in [2.75, 3.05) is 25.2 Å². The Kier molecular flexibility index (Phi) is 5.50. The summed E-state index contributed by atoms with van der Waals surface area (Å²) >= 11 is 0. The molecule has 2 atom stereocenters. The van der Waals surface area contributed by atoms with Gasteiger partial charge in [0.05, 0.1) is 43.0 Å². The van der Waals surface area contributed by atoms with E-state index in [4.69, 9.17) is 14.7 Å². The SMILES string of the molecule is COc1ccc(CN2C(=O)N(c3ccc(C#N)c(C(F)(F)F)c3)[C@@H]3COCC[C@H]32)cc1. The highest BCUT2D eigenvalue weighted by molar-refractivity contribution is 5.96. The van der Waals surface area contributed by atoms with E-state index in [0.717, 1.165) is 17.7 Å². The fourth-order valence-corrected chi connectivity index (χ4v) is 4.17. The van der Waals surface area contributed by atoms with Crippen molar-refractivity contribution in [2.24, 2.45) is 0 Å². The summed E-state index contributed by atoms with van der Waals surface area (Å²) in [5.74, 6) is 0.694. The summed E-state index contributed by atoms with van der Waals surface area (Å²) in [6.45, 7) is 1.03. The number of ether oxygens (including phenoxy) is 2. The third kappa shape index (κ3) is 3.91. The first-order valence-electron chi connectivity index (χ1n) is 9.75. The molecule has 0 aliphatic carbocycles. The normalized spacial score (nSPS) is 21.1. The van der Waals surface area contributed by atoms with Crippen LogP contribution in [0.1, 0.15) is 23.1 Å². The summed E-state index contributed by atoms with van der Waals surface area (Å²) < 4.78 is 51.1. The summed E-state index contributed by atoms with van der Waals surface area (Å²) in [5.41, 5.74) is -0.539. The first kappa shape index (κ1) is 21.0. The van der Waals surface area contributed by atoms with Crippen LogP contribution in [0.15, 0.2) is 42.5 Å². The Morgan fingerprint density at radius 1 is 1.19 bits per heavy atom. The molecule has 162 valence electrons. The lowest BCUT2D eigenvalue weighted by atomic mass is 10.0. The molecule has 0 aromatic heterocycles. The van der Waals surface area contributed by atoms with E-state index in [9.17, 15) is 18.0 Å². The first-order chi connectivity index (χ1) is 14.8. The molecule has 2 aromatic carbocycles. The van der Waals surface area contributed by atoms with Gasteiger partial charge in [-0.3, -0.25) is 4.90 Å². The second-order valence-electron chi connectivity index (χ2n) is 7.47. The average Bonchev–Trinajstić information content (AvgIpc) is 3.04. The lowest BCUT2D eigenvalue weighted by molar-refractivity contribution is -0.137. The van der Waals surface area contributed by atoms with E-state index in [2.05, 4.69) is 0 Å². The zero-order valence-electron chi connectivity index (χ0n) is 16.7. The van der Waals surface area contributed by atoms with Gasteiger partial charge in [-0.2, -0.15) is 18.4 Å². The maximum atomic E-state index is 13.5. The Hall–Kier alpha value is -3.25. The van der Waals surface area contributed by atoms with Crippen molar-refractivity contribution in [1.29, 1.82) is 5.26 Å². The maximum absolute atomic E-state index is 13.5. The van der Waals surface area contributed by atoms with E-state index in [1.165, 1.54) is 11.0 Å². The molecule has 0 radical (unpaired) electrons. The number of halogens is 3. The van der Waals surface area contributed by atoms with Gasteiger partial charge in [-0.25, -0.2) is 4.79 Å². The second kappa shape index (κ2) is 8.12. The molecular formula is C22H20F3N3O3. The van der Waals surface area contributed by atoms with Gasteiger partial charge >= 0.3 is 12.2 Å². The number of methoxy groups -OCH3 is 1. The predicted octanol–water partition coefficient (Wildman–Crippen LogP) is 4.19. The fraction of sp³-hybridized carbons (Fsp3) is 0.364. The number of nitrogens with zero attached hydrogens (tertiary/aromatic N) is 3. The minimum atomic E-state index is -4.70. The molecule has 2 aliphatic heterocycles. The van der Waals surface area contributed by atoms with Crippen LogP contribution in [0.2, 0.25) is 0 Å². The van der Waals surface area contributed by atoms with Gasteiger partial charge in [-0.05, 0) is 42.3 Å². The van der Waals surface area contributed by atoms with Crippen LogP contribution in [-0.4, -0.2) is 43.3 Å². The van der Waals surface area contributed by atoms with Gasteiger partial charge in [0.1, 0.15) is 5.75 Å². The molecule has 6 nitrogen and oxygen atoms in total. The third-order valence-electron chi connectivity index (χ3n) is 5.69. The van der Waals surface area contributed by atoms with Gasteiger partial charge in [0.15, 0.2) is 0 Å². The minimum absolute atomic E-state index is 0.106. The van der Waals surface area contributed by atoms with Crippen LogP contribution >= 0.6 is 0 Å². The molecule has 9 heteroatoms. The van der Waals surface area contributed by atoms with Gasteiger partial charge in [-0.15, -0.1) is 0 Å². The molecule has 0 bridgehead atoms. The fourth-order valence-electron chi connectivity index (χ4n) is 4.17. The largest absolute Gasteiger partial charge is 0.497 e. The second-order valence-corrected chi connectivity index (χ2v) is 7.47. The molecule has 4 rings (SSSR count). The molecular weight excluding hydrogens is 411 g/mol. The molecule has 31 heavy (non-hydrogen) atoms. The van der Waals surface area contributed by atoms with Crippen LogP contribution in [0.25, 0.3) is 0 Å². The number of amides is 2. The molecule has 2 aliphatic rings. The topological polar surface area (TPSA) is 65.8 Å². The van der Waals surface area contributed by atoms with Crippen molar-refractivity contribution in [2.45, 2.75) is 31.2 Å². The zero-order valence-corrected chi connectivity index (χ0v) is 16.7. The Morgan fingerprint density at radius 3 is 2.58 bits per heavy atom. The number of urea groups is 1. The van der Waals surface area contributed by atoms with Crippen molar-refractivity contribution < 1.29 is 27.4 Å². The quantitative estimate of drug-likeness (QED) is 0.728. The van der Waals surface area contributed by atoms with Gasteiger partial charge in [0, 0.05) is 18.8 Å². The van der Waals surface area contributed by atoms with Gasteiger partial charge in [0.2, 0.25) is 0 Å². The van der Waals surface area contributed by atoms with Crippen molar-refractivity contribution in [1.82, 2.24) is 4.90 Å². The van der Waals surface area contributed by atoms with Crippen molar-refractivity contribution in [3.63, 3.8) is 0 Å². The van der Waals surface area contributed by atoms with Crippen LogP contribution in [0.3, 0.4) is 0 Å². The highest BCUT2D eigenvalue weighted by Crippen LogP contribution is 2.38. The minimum Gasteiger partial charge on any atom is -0.497 e. The number of anilines is 1. The average molecular weight is 431 g/mol. The summed E-state index contributed by atoms with van der Waals surface area (Å²) in [4.78, 5) is 16.4. The van der Waals surface area contributed by atoms with Crippen molar-refractivity contribution in [3.05, 3.63) is 59.2 Å². The van der Waals surface area contributed by atoms with Gasteiger partial charge < -0.3 is 14.4 Å². The zero-order chi connectivity index (χ0) is 22.2. The smallest absolute Gasteiger partial charge is 0.417 e. The molecule has 2 heterocycles. The number of carbonyl (C=O) groups excluding carboxylic acids is 1. The standard InChI is InChI=1S/C22H20F3N3O3/c1-30-17-6-2-14(3-7-17)12-27-19-8-9-31-13-20(19)28(21(27)29)16-5-4-15(11-26)18(10-16)22(23,24)25/h2-7,10,19-20H,8-9,12-13H2,1H3/t19-,20-/m1/s1. The van der Waals surface area contributed by atoms with E-state index in [0.29, 0.717) is 25.3 Å². The van der Waals surface area contributed by atoms with E-state index >= 15 is 0 Å². The molecule has 0 N–H and O–H groups in total. The molecule has 2 fully saturated rings. The number of carbonyl (C=O) groups is 1. The summed E-state index contributed by atoms with van der Waals surface area (Å²) in [5, 5.41) is 9.05. The number of hydrogen-bond acceptors (Lipinski definition) is 4. The van der Waals surface area contributed by atoms with E-state index in [-0.39, 0.29) is 24.4 Å². The van der Waals surface area contributed by atoms with Gasteiger partial charge in [-0.1, -0.05) is 12.1 Å². The number of fused-ring (bicyclic) bond motifs is 1. The van der Waals surface area contributed by atoms with Crippen molar-refractivity contribution >= 4 is 11.7 Å². The predicted molar refractivity (Wildman–Crippen MR) is 106 cm³/mol. The van der Waals surface area contributed by atoms with Crippen molar-refractivity contribution in [3.8, 4) is 11.8 Å². The van der Waals surface area contributed by atoms with Crippen LogP contribution in [0, 0.1) is 11.3 Å². The number of benzene rings is 2. The number of nitriles is 1. The summed E-state index contributed by atoms with van der Waals surface area (Å²) in [6.07, 6.45) is -4.11. The monoisotopic (exact) mass is 431 g/mol. The Bertz CT molecular complexity index is 1020. The highest BCUT2D eigenvalue weighted by Gasteiger charge is 2.48. The number of rotatable bonds is 4. The number of hydrogen-bond donors (Lipinski definition) is 0. The van der Waals surface area contributed by atoms with E-state index in [1.54, 1.807) is 30.2 Å².